The zero-order valence-corrected chi connectivity index (χ0v) is 11.9. The molecule has 1 aromatic rings. The second kappa shape index (κ2) is 6.52. The first-order valence-corrected chi connectivity index (χ1v) is 7.00. The van der Waals surface area contributed by atoms with Gasteiger partial charge in [0.15, 0.2) is 0 Å². The Morgan fingerprint density at radius 1 is 1.35 bits per heavy atom. The van der Waals surface area contributed by atoms with Gasteiger partial charge in [-0.1, -0.05) is 24.3 Å². The van der Waals surface area contributed by atoms with Crippen molar-refractivity contribution >= 4 is 11.8 Å². The zero-order chi connectivity index (χ0) is 14.5. The molecule has 20 heavy (non-hydrogen) atoms. The lowest BCUT2D eigenvalue weighted by Crippen LogP contribution is -2.53. The Hall–Kier alpha value is -1.88. The second-order valence-electron chi connectivity index (χ2n) is 5.03. The molecule has 1 heterocycles. The average Bonchev–Trinajstić information content (AvgIpc) is 2.46. The SMILES string of the molecule is CCNC(=O)C(C)NC(=O)C1Cc2ccccc2CN1. The van der Waals surface area contributed by atoms with Gasteiger partial charge in [0, 0.05) is 13.1 Å². The number of rotatable bonds is 4. The van der Waals surface area contributed by atoms with Crippen molar-refractivity contribution in [2.75, 3.05) is 6.54 Å². The van der Waals surface area contributed by atoms with Crippen LogP contribution in [-0.2, 0) is 22.6 Å². The van der Waals surface area contributed by atoms with Gasteiger partial charge in [0.1, 0.15) is 6.04 Å². The molecule has 2 atom stereocenters. The van der Waals surface area contributed by atoms with E-state index < -0.39 is 6.04 Å². The summed E-state index contributed by atoms with van der Waals surface area (Å²) < 4.78 is 0. The van der Waals surface area contributed by atoms with Crippen molar-refractivity contribution in [2.24, 2.45) is 0 Å². The van der Waals surface area contributed by atoms with E-state index in [1.54, 1.807) is 6.92 Å². The Balaban J connectivity index is 1.93. The van der Waals surface area contributed by atoms with Crippen molar-refractivity contribution in [1.82, 2.24) is 16.0 Å². The van der Waals surface area contributed by atoms with Gasteiger partial charge in [-0.2, -0.15) is 0 Å². The number of fused-ring (bicyclic) bond motifs is 1. The lowest BCUT2D eigenvalue weighted by molar-refractivity contribution is -0.129. The molecule has 0 bridgehead atoms. The molecule has 0 fully saturated rings. The lowest BCUT2D eigenvalue weighted by atomic mass is 9.95. The smallest absolute Gasteiger partial charge is 0.242 e. The van der Waals surface area contributed by atoms with E-state index in [1.165, 1.54) is 11.1 Å². The number of carbonyl (C=O) groups excluding carboxylic acids is 2. The molecule has 0 radical (unpaired) electrons. The molecule has 2 rings (SSSR count). The van der Waals surface area contributed by atoms with Crippen molar-refractivity contribution in [3.05, 3.63) is 35.4 Å². The van der Waals surface area contributed by atoms with Gasteiger partial charge in [-0.15, -0.1) is 0 Å². The van der Waals surface area contributed by atoms with Gasteiger partial charge in [-0.3, -0.25) is 9.59 Å². The van der Waals surface area contributed by atoms with Crippen molar-refractivity contribution in [2.45, 2.75) is 38.9 Å². The summed E-state index contributed by atoms with van der Waals surface area (Å²) in [4.78, 5) is 23.8. The third-order valence-corrected chi connectivity index (χ3v) is 3.50. The van der Waals surface area contributed by atoms with Crippen LogP contribution in [0.3, 0.4) is 0 Å². The average molecular weight is 275 g/mol. The molecule has 5 heteroatoms. The van der Waals surface area contributed by atoms with E-state index in [9.17, 15) is 9.59 Å². The number of likely N-dealkylation sites (N-methyl/N-ethyl adjacent to an activating group) is 1. The standard InChI is InChI=1S/C15H21N3O2/c1-3-16-14(19)10(2)18-15(20)13-8-11-6-4-5-7-12(11)9-17-13/h4-7,10,13,17H,3,8-9H2,1-2H3,(H,16,19)(H,18,20). The van der Waals surface area contributed by atoms with Crippen LogP contribution in [0.25, 0.3) is 0 Å². The monoisotopic (exact) mass is 275 g/mol. The maximum absolute atomic E-state index is 12.2. The van der Waals surface area contributed by atoms with Crippen molar-refractivity contribution in [3.63, 3.8) is 0 Å². The highest BCUT2D eigenvalue weighted by Crippen LogP contribution is 2.16. The first-order valence-electron chi connectivity index (χ1n) is 7.00. The van der Waals surface area contributed by atoms with Gasteiger partial charge in [0.2, 0.25) is 11.8 Å². The molecule has 1 aliphatic heterocycles. The summed E-state index contributed by atoms with van der Waals surface area (Å²) in [5.74, 6) is -0.282. The summed E-state index contributed by atoms with van der Waals surface area (Å²) in [5, 5.41) is 8.65. The molecule has 0 saturated heterocycles. The largest absolute Gasteiger partial charge is 0.355 e. The van der Waals surface area contributed by atoms with Gasteiger partial charge in [0.05, 0.1) is 6.04 Å². The van der Waals surface area contributed by atoms with Crippen molar-refractivity contribution in [3.8, 4) is 0 Å². The molecule has 0 aliphatic carbocycles. The normalized spacial score (nSPS) is 18.8. The number of carbonyl (C=O) groups is 2. The fourth-order valence-corrected chi connectivity index (χ4v) is 2.35. The van der Waals surface area contributed by atoms with Crippen LogP contribution in [0.4, 0.5) is 0 Å². The molecule has 5 nitrogen and oxygen atoms in total. The van der Waals surface area contributed by atoms with Crippen molar-refractivity contribution in [1.29, 1.82) is 0 Å². The maximum atomic E-state index is 12.2. The van der Waals surface area contributed by atoms with Gasteiger partial charge in [0.25, 0.3) is 0 Å². The van der Waals surface area contributed by atoms with E-state index >= 15 is 0 Å². The lowest BCUT2D eigenvalue weighted by Gasteiger charge is -2.26. The van der Waals surface area contributed by atoms with E-state index in [0.717, 1.165) is 0 Å². The molecule has 1 aliphatic rings. The Morgan fingerprint density at radius 2 is 2.05 bits per heavy atom. The van der Waals surface area contributed by atoms with E-state index in [-0.39, 0.29) is 17.9 Å². The van der Waals surface area contributed by atoms with Crippen LogP contribution in [-0.4, -0.2) is 30.4 Å². The van der Waals surface area contributed by atoms with Crippen LogP contribution < -0.4 is 16.0 Å². The van der Waals surface area contributed by atoms with Crippen LogP contribution in [0.5, 0.6) is 0 Å². The fourth-order valence-electron chi connectivity index (χ4n) is 2.35. The topological polar surface area (TPSA) is 70.2 Å². The minimum Gasteiger partial charge on any atom is -0.355 e. The number of hydrogen-bond acceptors (Lipinski definition) is 3. The summed E-state index contributed by atoms with van der Waals surface area (Å²) in [7, 11) is 0. The van der Waals surface area contributed by atoms with Gasteiger partial charge >= 0.3 is 0 Å². The Labute approximate surface area is 119 Å². The van der Waals surface area contributed by atoms with Crippen molar-refractivity contribution < 1.29 is 9.59 Å². The minimum atomic E-state index is -0.513. The summed E-state index contributed by atoms with van der Waals surface area (Å²) in [6.07, 6.45) is 0.657. The van der Waals surface area contributed by atoms with Crippen LogP contribution in [0.15, 0.2) is 24.3 Å². The first kappa shape index (κ1) is 14.5. The maximum Gasteiger partial charge on any atom is 0.242 e. The number of amides is 2. The highest BCUT2D eigenvalue weighted by atomic mass is 16.2. The molecular weight excluding hydrogens is 254 g/mol. The van der Waals surface area contributed by atoms with Gasteiger partial charge in [-0.05, 0) is 31.4 Å². The molecule has 0 aromatic heterocycles. The summed E-state index contributed by atoms with van der Waals surface area (Å²) in [5.41, 5.74) is 2.42. The number of nitrogens with one attached hydrogen (secondary N) is 3. The Kier molecular flexibility index (Phi) is 4.74. The molecule has 2 unspecified atom stereocenters. The zero-order valence-electron chi connectivity index (χ0n) is 11.9. The van der Waals surface area contributed by atoms with Crippen LogP contribution in [0.2, 0.25) is 0 Å². The van der Waals surface area contributed by atoms with E-state index in [2.05, 4.69) is 22.0 Å². The van der Waals surface area contributed by atoms with Crippen LogP contribution >= 0.6 is 0 Å². The molecule has 0 saturated carbocycles. The quantitative estimate of drug-likeness (QED) is 0.742. The minimum absolute atomic E-state index is 0.127. The highest BCUT2D eigenvalue weighted by Gasteiger charge is 2.26. The predicted molar refractivity (Wildman–Crippen MR) is 77.1 cm³/mol. The molecule has 2 amide bonds. The third-order valence-electron chi connectivity index (χ3n) is 3.50. The van der Waals surface area contributed by atoms with E-state index in [4.69, 9.17) is 0 Å². The first-order chi connectivity index (χ1) is 9.61. The van der Waals surface area contributed by atoms with Gasteiger partial charge < -0.3 is 16.0 Å². The van der Waals surface area contributed by atoms with Crippen LogP contribution in [0.1, 0.15) is 25.0 Å². The van der Waals surface area contributed by atoms with Gasteiger partial charge in [-0.25, -0.2) is 0 Å². The fraction of sp³-hybridized carbons (Fsp3) is 0.467. The molecule has 108 valence electrons. The third kappa shape index (κ3) is 3.36. The number of hydrogen-bond donors (Lipinski definition) is 3. The molecule has 0 spiro atoms. The second-order valence-corrected chi connectivity index (χ2v) is 5.03. The predicted octanol–water partition coefficient (Wildman–Crippen LogP) is 0.342. The molecule has 3 N–H and O–H groups in total. The Bertz CT molecular complexity index is 502. The highest BCUT2D eigenvalue weighted by molar-refractivity contribution is 5.89. The Morgan fingerprint density at radius 3 is 2.75 bits per heavy atom. The van der Waals surface area contributed by atoms with E-state index in [0.29, 0.717) is 19.5 Å². The summed E-state index contributed by atoms with van der Waals surface area (Å²) in [6, 6.07) is 7.30. The number of benzene rings is 1. The molecule has 1 aromatic carbocycles. The van der Waals surface area contributed by atoms with Crippen LogP contribution in [0, 0.1) is 0 Å². The molecular formula is C15H21N3O2. The summed E-state index contributed by atoms with van der Waals surface area (Å²) in [6.45, 7) is 4.80. The van der Waals surface area contributed by atoms with E-state index in [1.807, 2.05) is 25.1 Å². The summed E-state index contributed by atoms with van der Waals surface area (Å²) >= 11 is 0.